The van der Waals surface area contributed by atoms with Crippen molar-refractivity contribution in [1.29, 1.82) is 0 Å². The summed E-state index contributed by atoms with van der Waals surface area (Å²) in [5.74, 6) is 0. The monoisotopic (exact) mass is 189 g/mol. The molecule has 0 N–H and O–H groups in total. The van der Waals surface area contributed by atoms with E-state index in [0.29, 0.717) is 6.42 Å². The Morgan fingerprint density at radius 1 is 1.83 bits per heavy atom. The summed E-state index contributed by atoms with van der Waals surface area (Å²) in [6, 6.07) is 0. The molecule has 0 saturated carbocycles. The standard InChI is InChI=1S/C6H8ClN3O2/c1-10-5(4-8-9-10)2-3-12-6(7)11/h4H,2-3H2,1H3. The fourth-order valence-electron chi connectivity index (χ4n) is 0.773. The Morgan fingerprint density at radius 3 is 3.08 bits per heavy atom. The van der Waals surface area contributed by atoms with Gasteiger partial charge in [0.2, 0.25) is 0 Å². The summed E-state index contributed by atoms with van der Waals surface area (Å²) in [5.41, 5.74) is 0.109. The number of ether oxygens (including phenoxy) is 1. The third kappa shape index (κ3) is 2.50. The van der Waals surface area contributed by atoms with E-state index in [1.54, 1.807) is 17.9 Å². The van der Waals surface area contributed by atoms with E-state index >= 15 is 0 Å². The van der Waals surface area contributed by atoms with Gasteiger partial charge < -0.3 is 4.74 Å². The normalized spacial score (nSPS) is 9.83. The van der Waals surface area contributed by atoms with Gasteiger partial charge >= 0.3 is 5.43 Å². The molecule has 6 heteroatoms. The lowest BCUT2D eigenvalue weighted by molar-refractivity contribution is 0.174. The Hall–Kier alpha value is -1.10. The molecule has 1 heterocycles. The highest BCUT2D eigenvalue weighted by molar-refractivity contribution is 6.61. The minimum atomic E-state index is -0.787. The average molecular weight is 190 g/mol. The molecule has 66 valence electrons. The molecule has 1 aromatic rings. The first-order chi connectivity index (χ1) is 5.70. The van der Waals surface area contributed by atoms with E-state index in [-0.39, 0.29) is 6.61 Å². The van der Waals surface area contributed by atoms with Gasteiger partial charge in [0.15, 0.2) is 0 Å². The van der Waals surface area contributed by atoms with Gasteiger partial charge in [-0.3, -0.25) is 4.68 Å². The van der Waals surface area contributed by atoms with Gasteiger partial charge in [-0.2, -0.15) is 0 Å². The van der Waals surface area contributed by atoms with Gasteiger partial charge in [0, 0.05) is 25.1 Å². The van der Waals surface area contributed by atoms with Crippen molar-refractivity contribution in [1.82, 2.24) is 15.0 Å². The van der Waals surface area contributed by atoms with Crippen molar-refractivity contribution < 1.29 is 9.53 Å². The second-order valence-corrected chi connectivity index (χ2v) is 2.49. The molecule has 0 bridgehead atoms. The molecule has 0 unspecified atom stereocenters. The highest BCUT2D eigenvalue weighted by atomic mass is 35.5. The van der Waals surface area contributed by atoms with Crippen LogP contribution in [0.1, 0.15) is 5.69 Å². The van der Waals surface area contributed by atoms with Crippen LogP contribution < -0.4 is 0 Å². The fraction of sp³-hybridized carbons (Fsp3) is 0.500. The van der Waals surface area contributed by atoms with E-state index in [9.17, 15) is 4.79 Å². The molecule has 0 spiro atoms. The van der Waals surface area contributed by atoms with Crippen molar-refractivity contribution in [2.75, 3.05) is 6.61 Å². The lowest BCUT2D eigenvalue weighted by Gasteiger charge is -1.99. The number of carbonyl (C=O) groups is 1. The largest absolute Gasteiger partial charge is 0.453 e. The van der Waals surface area contributed by atoms with Gasteiger partial charge in [-0.25, -0.2) is 4.79 Å². The molecular weight excluding hydrogens is 182 g/mol. The van der Waals surface area contributed by atoms with E-state index in [1.807, 2.05) is 0 Å². The second kappa shape index (κ2) is 4.06. The van der Waals surface area contributed by atoms with Gasteiger partial charge in [0.1, 0.15) is 0 Å². The molecule has 1 rings (SSSR count). The van der Waals surface area contributed by atoms with Crippen LogP contribution in [0.25, 0.3) is 0 Å². The quantitative estimate of drug-likeness (QED) is 0.658. The zero-order chi connectivity index (χ0) is 8.97. The summed E-state index contributed by atoms with van der Waals surface area (Å²) < 4.78 is 6.14. The highest BCUT2D eigenvalue weighted by Crippen LogP contribution is 1.96. The van der Waals surface area contributed by atoms with Crippen molar-refractivity contribution >= 4 is 17.0 Å². The van der Waals surface area contributed by atoms with E-state index < -0.39 is 5.43 Å². The first-order valence-corrected chi connectivity index (χ1v) is 3.74. The first kappa shape index (κ1) is 8.99. The molecule has 0 amide bonds. The van der Waals surface area contributed by atoms with E-state index in [2.05, 4.69) is 15.0 Å². The zero-order valence-corrected chi connectivity index (χ0v) is 7.28. The molecule has 0 aromatic carbocycles. The Balaban J connectivity index is 2.33. The number of hydrogen-bond donors (Lipinski definition) is 0. The summed E-state index contributed by atoms with van der Waals surface area (Å²) in [6.45, 7) is 0.254. The van der Waals surface area contributed by atoms with Crippen LogP contribution in [0.5, 0.6) is 0 Å². The third-order valence-electron chi connectivity index (χ3n) is 1.38. The van der Waals surface area contributed by atoms with Gasteiger partial charge in [-0.1, -0.05) is 5.21 Å². The van der Waals surface area contributed by atoms with E-state index in [0.717, 1.165) is 5.69 Å². The summed E-state index contributed by atoms with van der Waals surface area (Å²) in [7, 11) is 1.77. The fourth-order valence-corrected chi connectivity index (χ4v) is 0.850. The lowest BCUT2D eigenvalue weighted by atomic mass is 10.3. The highest BCUT2D eigenvalue weighted by Gasteiger charge is 2.01. The minimum absolute atomic E-state index is 0.254. The van der Waals surface area contributed by atoms with Crippen molar-refractivity contribution in [3.8, 4) is 0 Å². The number of hydrogen-bond acceptors (Lipinski definition) is 4. The van der Waals surface area contributed by atoms with Gasteiger partial charge in [-0.05, 0) is 0 Å². The summed E-state index contributed by atoms with van der Waals surface area (Å²) in [5, 5.41) is 7.37. The van der Waals surface area contributed by atoms with Crippen LogP contribution in [0, 0.1) is 0 Å². The molecule has 12 heavy (non-hydrogen) atoms. The maximum absolute atomic E-state index is 10.2. The second-order valence-electron chi connectivity index (χ2n) is 2.19. The van der Waals surface area contributed by atoms with Gasteiger partial charge in [0.05, 0.1) is 18.5 Å². The molecule has 0 saturated heterocycles. The number of rotatable bonds is 3. The summed E-state index contributed by atoms with van der Waals surface area (Å²) >= 11 is 4.96. The topological polar surface area (TPSA) is 57.0 Å². The molecule has 0 fully saturated rings. The number of carbonyl (C=O) groups excluding carboxylic acids is 1. The number of aryl methyl sites for hydroxylation is 1. The third-order valence-corrected chi connectivity index (χ3v) is 1.49. The van der Waals surface area contributed by atoms with Gasteiger partial charge in [-0.15, -0.1) is 5.10 Å². The Morgan fingerprint density at radius 2 is 2.58 bits per heavy atom. The van der Waals surface area contributed by atoms with Gasteiger partial charge in [0.25, 0.3) is 0 Å². The predicted molar refractivity (Wildman–Crippen MR) is 41.9 cm³/mol. The Labute approximate surface area is 74.3 Å². The van der Waals surface area contributed by atoms with Crippen LogP contribution in [0.3, 0.4) is 0 Å². The zero-order valence-electron chi connectivity index (χ0n) is 6.53. The van der Waals surface area contributed by atoms with Crippen molar-refractivity contribution in [3.05, 3.63) is 11.9 Å². The van der Waals surface area contributed by atoms with Crippen LogP contribution in [-0.4, -0.2) is 27.0 Å². The lowest BCUT2D eigenvalue weighted by Crippen LogP contribution is -2.04. The smallest absolute Gasteiger partial charge is 0.403 e. The SMILES string of the molecule is Cn1nncc1CCOC(=O)Cl. The molecular formula is C6H8ClN3O2. The van der Waals surface area contributed by atoms with Crippen LogP contribution in [-0.2, 0) is 18.2 Å². The molecule has 0 atom stereocenters. The van der Waals surface area contributed by atoms with Crippen molar-refractivity contribution in [3.63, 3.8) is 0 Å². The van der Waals surface area contributed by atoms with E-state index in [1.165, 1.54) is 0 Å². The average Bonchev–Trinajstić information content (AvgIpc) is 2.36. The molecule has 1 aromatic heterocycles. The van der Waals surface area contributed by atoms with Crippen molar-refractivity contribution in [2.45, 2.75) is 6.42 Å². The summed E-state index contributed by atoms with van der Waals surface area (Å²) in [4.78, 5) is 10.2. The van der Waals surface area contributed by atoms with Crippen LogP contribution >= 0.6 is 11.6 Å². The molecule has 0 aliphatic heterocycles. The number of halogens is 1. The number of nitrogens with zero attached hydrogens (tertiary/aromatic N) is 3. The Bertz CT molecular complexity index is 274. The van der Waals surface area contributed by atoms with Crippen LogP contribution in [0.15, 0.2) is 6.20 Å². The minimum Gasteiger partial charge on any atom is -0.453 e. The molecule has 0 aliphatic carbocycles. The van der Waals surface area contributed by atoms with Crippen molar-refractivity contribution in [2.24, 2.45) is 7.05 Å². The number of aromatic nitrogens is 3. The van der Waals surface area contributed by atoms with Crippen LogP contribution in [0.2, 0.25) is 0 Å². The Kier molecular flexibility index (Phi) is 3.04. The van der Waals surface area contributed by atoms with E-state index in [4.69, 9.17) is 11.6 Å². The van der Waals surface area contributed by atoms with Crippen LogP contribution in [0.4, 0.5) is 4.79 Å². The summed E-state index contributed by atoms with van der Waals surface area (Å²) in [6.07, 6.45) is 2.18. The molecule has 0 aliphatic rings. The predicted octanol–water partition coefficient (Wildman–Crippen LogP) is 0.733. The molecule has 5 nitrogen and oxygen atoms in total. The first-order valence-electron chi connectivity index (χ1n) is 3.36. The molecule has 0 radical (unpaired) electrons. The maximum atomic E-state index is 10.2. The maximum Gasteiger partial charge on any atom is 0.403 e.